The topological polar surface area (TPSA) is 97.3 Å². The summed E-state index contributed by atoms with van der Waals surface area (Å²) in [5, 5.41) is 8.54. The van der Waals surface area contributed by atoms with Gasteiger partial charge in [0.05, 0.1) is 35.0 Å². The maximum Gasteiger partial charge on any atom is 0.229 e. The molecule has 1 unspecified atom stereocenters. The molecule has 8 nitrogen and oxygen atoms in total. The van der Waals surface area contributed by atoms with Crippen molar-refractivity contribution in [3.05, 3.63) is 60.3 Å². The van der Waals surface area contributed by atoms with Crippen molar-refractivity contribution in [3.8, 4) is 11.3 Å². The van der Waals surface area contributed by atoms with Gasteiger partial charge in [-0.1, -0.05) is 11.6 Å². The third kappa shape index (κ3) is 3.55. The van der Waals surface area contributed by atoms with E-state index in [4.69, 9.17) is 22.4 Å². The van der Waals surface area contributed by atoms with Crippen LogP contribution in [0.4, 0.5) is 17.3 Å². The summed E-state index contributed by atoms with van der Waals surface area (Å²) < 4.78 is 1.76. The summed E-state index contributed by atoms with van der Waals surface area (Å²) in [6.07, 6.45) is 9.16. The molecule has 1 atom stereocenters. The average Bonchev–Trinajstić information content (AvgIpc) is 3.16. The lowest BCUT2D eigenvalue weighted by molar-refractivity contribution is 0.506. The fourth-order valence-electron chi connectivity index (χ4n) is 3.80. The Balaban J connectivity index is 1.51. The van der Waals surface area contributed by atoms with E-state index in [1.165, 1.54) is 0 Å². The van der Waals surface area contributed by atoms with Gasteiger partial charge in [0, 0.05) is 37.1 Å². The number of imidazole rings is 1. The van der Waals surface area contributed by atoms with Crippen LogP contribution < -0.4 is 16.0 Å². The molecule has 1 aliphatic rings. The first-order valence-corrected chi connectivity index (χ1v) is 10.2. The van der Waals surface area contributed by atoms with Crippen LogP contribution in [0.25, 0.3) is 16.8 Å². The second kappa shape index (κ2) is 7.89. The molecule has 4 aromatic rings. The number of nitrogens with two attached hydrogens (primary N) is 1. The largest absolute Gasteiger partial charge is 0.368 e. The van der Waals surface area contributed by atoms with Crippen molar-refractivity contribution in [2.24, 2.45) is 5.73 Å². The summed E-state index contributed by atoms with van der Waals surface area (Å²) in [5.41, 5.74) is 10.5. The fraction of sp³-hybridized carbons (Fsp3) is 0.238. The molecule has 1 fully saturated rings. The van der Waals surface area contributed by atoms with Crippen molar-refractivity contribution in [2.75, 3.05) is 23.3 Å². The molecule has 5 heterocycles. The first-order chi connectivity index (χ1) is 14.7. The number of anilines is 3. The molecule has 0 spiro atoms. The number of hydrogen-bond acceptors (Lipinski definition) is 7. The predicted octanol–water partition coefficient (Wildman–Crippen LogP) is 3.51. The van der Waals surface area contributed by atoms with Gasteiger partial charge < -0.3 is 16.0 Å². The minimum absolute atomic E-state index is 0.181. The SMILES string of the molecule is NC1CCCN(c2ccncc2Nc2ncc3ccc(-c4cccnc4Cl)nn23)C1. The zero-order chi connectivity index (χ0) is 20.5. The van der Waals surface area contributed by atoms with Gasteiger partial charge in [-0.05, 0) is 43.2 Å². The minimum atomic E-state index is 0.181. The lowest BCUT2D eigenvalue weighted by Gasteiger charge is -2.33. The highest BCUT2D eigenvalue weighted by atomic mass is 35.5. The van der Waals surface area contributed by atoms with Crippen LogP contribution in [0.5, 0.6) is 0 Å². The highest BCUT2D eigenvalue weighted by Crippen LogP contribution is 2.30. The molecule has 0 aliphatic carbocycles. The number of fused-ring (bicyclic) bond motifs is 1. The Bertz CT molecular complexity index is 1190. The van der Waals surface area contributed by atoms with Crippen molar-refractivity contribution >= 4 is 34.4 Å². The van der Waals surface area contributed by atoms with Gasteiger partial charge in [0.2, 0.25) is 5.95 Å². The Morgan fingerprint density at radius 2 is 2.03 bits per heavy atom. The van der Waals surface area contributed by atoms with Crippen LogP contribution in [0.2, 0.25) is 5.15 Å². The van der Waals surface area contributed by atoms with E-state index in [0.29, 0.717) is 11.1 Å². The number of rotatable bonds is 4. The van der Waals surface area contributed by atoms with E-state index < -0.39 is 0 Å². The van der Waals surface area contributed by atoms with E-state index in [2.05, 4.69) is 25.2 Å². The summed E-state index contributed by atoms with van der Waals surface area (Å²) in [6, 6.07) is 9.79. The molecule has 1 saturated heterocycles. The Labute approximate surface area is 178 Å². The van der Waals surface area contributed by atoms with Gasteiger partial charge in [-0.3, -0.25) is 4.98 Å². The molecule has 0 saturated carbocycles. The molecular formula is C21H21ClN8. The van der Waals surface area contributed by atoms with Gasteiger partial charge in [-0.25, -0.2) is 9.97 Å². The molecule has 5 rings (SSSR count). The highest BCUT2D eigenvalue weighted by Gasteiger charge is 2.20. The third-order valence-electron chi connectivity index (χ3n) is 5.26. The normalized spacial score (nSPS) is 16.7. The maximum atomic E-state index is 6.26. The highest BCUT2D eigenvalue weighted by molar-refractivity contribution is 6.32. The van der Waals surface area contributed by atoms with E-state index in [-0.39, 0.29) is 6.04 Å². The molecule has 30 heavy (non-hydrogen) atoms. The fourth-order valence-corrected chi connectivity index (χ4v) is 4.01. The van der Waals surface area contributed by atoms with E-state index in [9.17, 15) is 0 Å². The molecule has 152 valence electrons. The van der Waals surface area contributed by atoms with Crippen LogP contribution in [0, 0.1) is 0 Å². The number of nitrogens with one attached hydrogen (secondary N) is 1. The zero-order valence-electron chi connectivity index (χ0n) is 16.2. The molecule has 1 aliphatic heterocycles. The number of piperidine rings is 1. The summed E-state index contributed by atoms with van der Waals surface area (Å²) in [5.74, 6) is 0.599. The maximum absolute atomic E-state index is 6.26. The van der Waals surface area contributed by atoms with Gasteiger partial charge in [0.1, 0.15) is 5.15 Å². The van der Waals surface area contributed by atoms with Crippen LogP contribution >= 0.6 is 11.6 Å². The quantitative estimate of drug-likeness (QED) is 0.487. The van der Waals surface area contributed by atoms with Crippen molar-refractivity contribution < 1.29 is 0 Å². The second-order valence-corrected chi connectivity index (χ2v) is 7.70. The third-order valence-corrected chi connectivity index (χ3v) is 5.56. The van der Waals surface area contributed by atoms with Crippen molar-refractivity contribution in [3.63, 3.8) is 0 Å². The molecule has 0 bridgehead atoms. The summed E-state index contributed by atoms with van der Waals surface area (Å²) >= 11 is 6.26. The van der Waals surface area contributed by atoms with E-state index >= 15 is 0 Å². The number of hydrogen-bond donors (Lipinski definition) is 2. The van der Waals surface area contributed by atoms with Gasteiger partial charge in [0.15, 0.2) is 0 Å². The lowest BCUT2D eigenvalue weighted by Crippen LogP contribution is -2.43. The van der Waals surface area contributed by atoms with E-state index in [1.54, 1.807) is 29.3 Å². The molecule has 0 aromatic carbocycles. The lowest BCUT2D eigenvalue weighted by atomic mass is 10.1. The van der Waals surface area contributed by atoms with Crippen LogP contribution in [0.1, 0.15) is 12.8 Å². The minimum Gasteiger partial charge on any atom is -0.368 e. The number of nitrogens with zero attached hydrogens (tertiary/aromatic N) is 6. The molecule has 0 radical (unpaired) electrons. The van der Waals surface area contributed by atoms with Gasteiger partial charge in [-0.2, -0.15) is 9.61 Å². The number of halogens is 1. The van der Waals surface area contributed by atoms with Crippen LogP contribution in [-0.2, 0) is 0 Å². The standard InChI is InChI=1S/C21H21ClN8/c22-20-16(4-1-8-25-20)17-6-5-15-11-26-21(30(15)28-17)27-18-12-24-9-7-19(18)29-10-2-3-14(23)13-29/h1,4-9,11-12,14H,2-3,10,13,23H2,(H,26,27). The number of pyridine rings is 2. The van der Waals surface area contributed by atoms with Crippen molar-refractivity contribution in [1.82, 2.24) is 24.6 Å². The number of aromatic nitrogens is 5. The molecule has 4 aromatic heterocycles. The summed E-state index contributed by atoms with van der Waals surface area (Å²) in [7, 11) is 0. The Kier molecular flexibility index (Phi) is 4.94. The smallest absolute Gasteiger partial charge is 0.229 e. The summed E-state index contributed by atoms with van der Waals surface area (Å²) in [6.45, 7) is 1.79. The monoisotopic (exact) mass is 420 g/mol. The van der Waals surface area contributed by atoms with Gasteiger partial charge >= 0.3 is 0 Å². The predicted molar refractivity (Wildman–Crippen MR) is 118 cm³/mol. The van der Waals surface area contributed by atoms with Gasteiger partial charge in [-0.15, -0.1) is 0 Å². The Morgan fingerprint density at radius 1 is 1.10 bits per heavy atom. The van der Waals surface area contributed by atoms with E-state index in [1.807, 2.05) is 30.3 Å². The van der Waals surface area contributed by atoms with E-state index in [0.717, 1.165) is 54.1 Å². The van der Waals surface area contributed by atoms with Crippen molar-refractivity contribution in [1.29, 1.82) is 0 Å². The zero-order valence-corrected chi connectivity index (χ0v) is 17.0. The van der Waals surface area contributed by atoms with Crippen LogP contribution in [0.15, 0.2) is 55.1 Å². The van der Waals surface area contributed by atoms with Crippen molar-refractivity contribution in [2.45, 2.75) is 18.9 Å². The Hall–Kier alpha value is -3.23. The molecule has 0 amide bonds. The van der Waals surface area contributed by atoms with Crippen LogP contribution in [0.3, 0.4) is 0 Å². The van der Waals surface area contributed by atoms with Crippen LogP contribution in [-0.4, -0.2) is 43.7 Å². The second-order valence-electron chi connectivity index (χ2n) is 7.34. The molecule has 3 N–H and O–H groups in total. The first-order valence-electron chi connectivity index (χ1n) is 9.86. The first kappa shape index (κ1) is 18.8. The molecule has 9 heteroatoms. The molecular weight excluding hydrogens is 400 g/mol. The van der Waals surface area contributed by atoms with Gasteiger partial charge in [0.25, 0.3) is 0 Å². The average molecular weight is 421 g/mol. The summed E-state index contributed by atoms with van der Waals surface area (Å²) in [4.78, 5) is 15.2. The Morgan fingerprint density at radius 3 is 2.90 bits per heavy atom.